The van der Waals surface area contributed by atoms with Gasteiger partial charge in [-0.25, -0.2) is 4.79 Å². The van der Waals surface area contributed by atoms with Gasteiger partial charge in [-0.2, -0.15) is 30.7 Å². The molecule has 0 fully saturated rings. The average Bonchev–Trinajstić information content (AvgIpc) is 2.55. The number of rotatable bonds is 12. The molecule has 0 aliphatic rings. The minimum absolute atomic E-state index is 0.0812. The first-order valence-corrected chi connectivity index (χ1v) is 8.98. The van der Waals surface area contributed by atoms with Gasteiger partial charge in [-0.3, -0.25) is 4.79 Å². The highest BCUT2D eigenvalue weighted by atomic mass is 19.4. The summed E-state index contributed by atoms with van der Waals surface area (Å²) in [6, 6.07) is -1.77. The number of hydrogen-bond donors (Lipinski definition) is 1. The molecule has 0 aromatic heterocycles. The van der Waals surface area contributed by atoms with E-state index in [1.54, 1.807) is 13.8 Å². The molecule has 0 saturated heterocycles. The highest BCUT2D eigenvalue weighted by Gasteiger charge is 2.76. The quantitative estimate of drug-likeness (QED) is 0.276. The van der Waals surface area contributed by atoms with E-state index in [0.29, 0.717) is 6.42 Å². The zero-order chi connectivity index (χ0) is 22.2. The third-order valence-electron chi connectivity index (χ3n) is 3.82. The van der Waals surface area contributed by atoms with E-state index in [9.17, 15) is 40.3 Å². The Hall–Kier alpha value is -1.55. The Labute approximate surface area is 159 Å². The van der Waals surface area contributed by atoms with Crippen LogP contribution in [0.15, 0.2) is 0 Å². The molecule has 0 spiro atoms. The minimum Gasteiger partial charge on any atom is -0.464 e. The van der Waals surface area contributed by atoms with Gasteiger partial charge in [0, 0.05) is 0 Å². The molecule has 0 rings (SSSR count). The molecular formula is C17H26F7NO3. The first kappa shape index (κ1) is 26.4. The first-order valence-electron chi connectivity index (χ1n) is 8.98. The maximum atomic E-state index is 13.4. The zero-order valence-corrected chi connectivity index (χ0v) is 16.0. The number of carbonyl (C=O) groups is 2. The van der Waals surface area contributed by atoms with Crippen LogP contribution in [0.5, 0.6) is 0 Å². The summed E-state index contributed by atoms with van der Waals surface area (Å²) in [7, 11) is 0. The summed E-state index contributed by atoms with van der Waals surface area (Å²) in [5.74, 6) is -17.1. The molecule has 1 atom stereocenters. The summed E-state index contributed by atoms with van der Waals surface area (Å²) in [6.07, 6.45) is -2.86. The number of carbonyl (C=O) groups excluding carboxylic acids is 2. The number of amides is 1. The standard InChI is InChI=1S/C17H26F7NO3/c1-4-5-6-7-8-9-28-13(26)12(10-11(2)3)25-14(27)15(18,19)16(20,21)17(22,23)24/h11-12H,4-10H2,1-3H3,(H,25,27). The number of hydrogen-bond acceptors (Lipinski definition) is 3. The molecule has 166 valence electrons. The van der Waals surface area contributed by atoms with E-state index in [1.165, 1.54) is 5.32 Å². The van der Waals surface area contributed by atoms with Gasteiger partial charge in [-0.05, 0) is 18.8 Å². The van der Waals surface area contributed by atoms with E-state index in [4.69, 9.17) is 4.74 Å². The lowest BCUT2D eigenvalue weighted by atomic mass is 10.0. The summed E-state index contributed by atoms with van der Waals surface area (Å²) in [5.41, 5.74) is 0. The smallest absolute Gasteiger partial charge is 0.460 e. The van der Waals surface area contributed by atoms with Gasteiger partial charge in [0.2, 0.25) is 0 Å². The number of unbranched alkanes of at least 4 members (excludes halogenated alkanes) is 4. The Bertz CT molecular complexity index is 507. The Kier molecular flexibility index (Phi) is 10.2. The predicted molar refractivity (Wildman–Crippen MR) is 87.1 cm³/mol. The molecule has 28 heavy (non-hydrogen) atoms. The van der Waals surface area contributed by atoms with Crippen LogP contribution in [0.1, 0.15) is 59.3 Å². The summed E-state index contributed by atoms with van der Waals surface area (Å²) in [5, 5.41) is 1.28. The van der Waals surface area contributed by atoms with Crippen molar-refractivity contribution in [2.45, 2.75) is 83.4 Å². The Balaban J connectivity index is 5.03. The van der Waals surface area contributed by atoms with E-state index in [1.807, 2.05) is 6.92 Å². The first-order chi connectivity index (χ1) is 12.7. The van der Waals surface area contributed by atoms with Crippen molar-refractivity contribution in [2.75, 3.05) is 6.61 Å². The third-order valence-corrected chi connectivity index (χ3v) is 3.82. The summed E-state index contributed by atoms with van der Waals surface area (Å²) >= 11 is 0. The van der Waals surface area contributed by atoms with Gasteiger partial charge in [0.05, 0.1) is 6.61 Å². The summed E-state index contributed by atoms with van der Waals surface area (Å²) < 4.78 is 94.2. The van der Waals surface area contributed by atoms with Gasteiger partial charge in [-0.15, -0.1) is 0 Å². The van der Waals surface area contributed by atoms with Gasteiger partial charge in [-0.1, -0.05) is 46.5 Å². The molecule has 1 unspecified atom stereocenters. The molecule has 11 heteroatoms. The van der Waals surface area contributed by atoms with Crippen molar-refractivity contribution < 1.29 is 45.1 Å². The van der Waals surface area contributed by atoms with Crippen LogP contribution >= 0.6 is 0 Å². The molecule has 0 radical (unpaired) electrons. The SMILES string of the molecule is CCCCCCCOC(=O)C(CC(C)C)NC(=O)C(F)(F)C(F)(F)C(F)(F)F. The number of ether oxygens (including phenoxy) is 1. The van der Waals surface area contributed by atoms with Crippen molar-refractivity contribution in [1.29, 1.82) is 0 Å². The number of halogens is 7. The van der Waals surface area contributed by atoms with Crippen LogP contribution in [0.3, 0.4) is 0 Å². The monoisotopic (exact) mass is 425 g/mol. The predicted octanol–water partition coefficient (Wildman–Crippen LogP) is 4.86. The molecule has 0 saturated carbocycles. The maximum Gasteiger partial charge on any atom is 0.460 e. The van der Waals surface area contributed by atoms with Crippen LogP contribution in [-0.4, -0.2) is 42.5 Å². The minimum atomic E-state index is -6.64. The largest absolute Gasteiger partial charge is 0.464 e. The van der Waals surface area contributed by atoms with Gasteiger partial charge < -0.3 is 10.1 Å². The molecule has 1 N–H and O–H groups in total. The van der Waals surface area contributed by atoms with Crippen molar-refractivity contribution in [2.24, 2.45) is 5.92 Å². The third kappa shape index (κ3) is 7.46. The van der Waals surface area contributed by atoms with Crippen molar-refractivity contribution in [3.05, 3.63) is 0 Å². The van der Waals surface area contributed by atoms with E-state index >= 15 is 0 Å². The summed E-state index contributed by atoms with van der Waals surface area (Å²) in [6.45, 7) is 5.00. The molecule has 0 bridgehead atoms. The van der Waals surface area contributed by atoms with Crippen molar-refractivity contribution in [3.63, 3.8) is 0 Å². The van der Waals surface area contributed by atoms with Crippen molar-refractivity contribution in [1.82, 2.24) is 5.32 Å². The van der Waals surface area contributed by atoms with Gasteiger partial charge in [0.25, 0.3) is 5.91 Å². The fourth-order valence-electron chi connectivity index (χ4n) is 2.23. The van der Waals surface area contributed by atoms with Crippen LogP contribution < -0.4 is 5.32 Å². The topological polar surface area (TPSA) is 55.4 Å². The maximum absolute atomic E-state index is 13.4. The molecule has 0 aromatic carbocycles. The van der Waals surface area contributed by atoms with E-state index in [2.05, 4.69) is 0 Å². The molecule has 1 amide bonds. The fraction of sp³-hybridized carbons (Fsp3) is 0.882. The Morgan fingerprint density at radius 3 is 1.93 bits per heavy atom. The lowest BCUT2D eigenvalue weighted by Crippen LogP contribution is -2.61. The number of nitrogens with one attached hydrogen (secondary N) is 1. The fourth-order valence-corrected chi connectivity index (χ4v) is 2.23. The molecule has 0 heterocycles. The zero-order valence-electron chi connectivity index (χ0n) is 16.0. The van der Waals surface area contributed by atoms with Crippen LogP contribution in [0.25, 0.3) is 0 Å². The van der Waals surface area contributed by atoms with Gasteiger partial charge in [0.1, 0.15) is 6.04 Å². The van der Waals surface area contributed by atoms with Crippen molar-refractivity contribution >= 4 is 11.9 Å². The molecular weight excluding hydrogens is 399 g/mol. The molecule has 4 nitrogen and oxygen atoms in total. The second kappa shape index (κ2) is 10.8. The summed E-state index contributed by atoms with van der Waals surface area (Å²) in [4.78, 5) is 23.4. The Morgan fingerprint density at radius 1 is 0.929 bits per heavy atom. The average molecular weight is 425 g/mol. The van der Waals surface area contributed by atoms with E-state index in [0.717, 1.165) is 25.7 Å². The van der Waals surface area contributed by atoms with Crippen molar-refractivity contribution in [3.8, 4) is 0 Å². The van der Waals surface area contributed by atoms with Crippen LogP contribution in [0.2, 0.25) is 0 Å². The highest BCUT2D eigenvalue weighted by molar-refractivity contribution is 5.89. The number of esters is 1. The molecule has 0 aromatic rings. The van der Waals surface area contributed by atoms with Crippen LogP contribution in [0.4, 0.5) is 30.7 Å². The normalized spacial score (nSPS) is 14.1. The molecule has 0 aliphatic heterocycles. The highest BCUT2D eigenvalue weighted by Crippen LogP contribution is 2.46. The van der Waals surface area contributed by atoms with Crippen LogP contribution in [-0.2, 0) is 14.3 Å². The van der Waals surface area contributed by atoms with E-state index < -0.39 is 35.9 Å². The Morgan fingerprint density at radius 2 is 1.46 bits per heavy atom. The number of alkyl halides is 7. The molecule has 0 aliphatic carbocycles. The van der Waals surface area contributed by atoms with Gasteiger partial charge >= 0.3 is 24.0 Å². The second-order valence-corrected chi connectivity index (χ2v) is 6.88. The van der Waals surface area contributed by atoms with E-state index in [-0.39, 0.29) is 18.9 Å². The lowest BCUT2D eigenvalue weighted by Gasteiger charge is -2.28. The second-order valence-electron chi connectivity index (χ2n) is 6.88. The van der Waals surface area contributed by atoms with Crippen LogP contribution in [0, 0.1) is 5.92 Å². The van der Waals surface area contributed by atoms with Gasteiger partial charge in [0.15, 0.2) is 0 Å². The lowest BCUT2D eigenvalue weighted by molar-refractivity contribution is -0.344.